The van der Waals surface area contributed by atoms with Crippen molar-refractivity contribution in [2.75, 3.05) is 6.61 Å². The van der Waals surface area contributed by atoms with Crippen LogP contribution in [-0.4, -0.2) is 24.4 Å². The summed E-state index contributed by atoms with van der Waals surface area (Å²) < 4.78 is 17.6. The van der Waals surface area contributed by atoms with E-state index in [-0.39, 0.29) is 17.3 Å². The van der Waals surface area contributed by atoms with Gasteiger partial charge in [-0.3, -0.25) is 0 Å². The number of carbonyl (C=O) groups is 2. The second-order valence-corrected chi connectivity index (χ2v) is 9.99. The second-order valence-electron chi connectivity index (χ2n) is 8.12. The Hall–Kier alpha value is -3.65. The number of hydrogen-bond donors (Lipinski definition) is 0. The predicted octanol–water partition coefficient (Wildman–Crippen LogP) is 7.48. The highest BCUT2D eigenvalue weighted by atomic mass is 35.5. The number of cyclic esters (lactones) is 1. The van der Waals surface area contributed by atoms with Gasteiger partial charge in [0.1, 0.15) is 4.88 Å². The molecule has 3 aromatic carbocycles. The number of benzene rings is 3. The number of esters is 2. The van der Waals surface area contributed by atoms with Gasteiger partial charge in [0.2, 0.25) is 5.90 Å². The Morgan fingerprint density at radius 1 is 1.08 bits per heavy atom. The fourth-order valence-corrected chi connectivity index (χ4v) is 5.45. The van der Waals surface area contributed by atoms with Crippen LogP contribution in [0.15, 0.2) is 71.4 Å². The van der Waals surface area contributed by atoms with E-state index in [4.69, 9.17) is 37.4 Å². The molecule has 0 unspecified atom stereocenters. The Kier molecular flexibility index (Phi) is 7.02. The summed E-state index contributed by atoms with van der Waals surface area (Å²) in [6.07, 6.45) is 1.57. The number of aryl methyl sites for hydroxylation is 1. The first-order chi connectivity index (χ1) is 17.8. The van der Waals surface area contributed by atoms with Gasteiger partial charge < -0.3 is 14.2 Å². The molecular weight excluding hydrogens is 533 g/mol. The molecule has 37 heavy (non-hydrogen) atoms. The molecule has 0 spiro atoms. The smallest absolute Gasteiger partial charge is 0.363 e. The molecule has 4 aromatic rings. The number of hydrogen-bond acceptors (Lipinski definition) is 7. The van der Waals surface area contributed by atoms with Crippen molar-refractivity contribution in [3.8, 4) is 11.5 Å². The summed E-state index contributed by atoms with van der Waals surface area (Å²) in [4.78, 5) is 30.1. The van der Waals surface area contributed by atoms with Gasteiger partial charge in [-0.1, -0.05) is 53.0 Å². The normalized spacial score (nSPS) is 14.1. The van der Waals surface area contributed by atoms with Gasteiger partial charge >= 0.3 is 11.9 Å². The number of rotatable bonds is 6. The summed E-state index contributed by atoms with van der Waals surface area (Å²) in [5.41, 5.74) is 2.11. The van der Waals surface area contributed by atoms with E-state index >= 15 is 0 Å². The fraction of sp³-hybridized carbons (Fsp3) is 0.107. The Labute approximate surface area is 226 Å². The van der Waals surface area contributed by atoms with E-state index in [0.29, 0.717) is 38.4 Å². The van der Waals surface area contributed by atoms with Gasteiger partial charge in [-0.05, 0) is 61.9 Å². The molecule has 1 aliphatic rings. The SMILES string of the molecule is CCOc1cc(/C=C2/N=C(c3sc4cc(Cl)ccc4c3Cl)OC2=O)ccc1OC(=O)c1cccc(C)c1. The molecule has 5 rings (SSSR count). The van der Waals surface area contributed by atoms with Crippen LogP contribution in [0.1, 0.15) is 33.3 Å². The van der Waals surface area contributed by atoms with E-state index in [2.05, 4.69) is 4.99 Å². The Balaban J connectivity index is 1.43. The zero-order chi connectivity index (χ0) is 26.1. The van der Waals surface area contributed by atoms with E-state index in [0.717, 1.165) is 15.6 Å². The molecule has 6 nitrogen and oxygen atoms in total. The van der Waals surface area contributed by atoms with Gasteiger partial charge in [-0.2, -0.15) is 0 Å². The van der Waals surface area contributed by atoms with Crippen LogP contribution in [0.5, 0.6) is 11.5 Å². The molecule has 0 N–H and O–H groups in total. The van der Waals surface area contributed by atoms with Gasteiger partial charge in [0.05, 0.1) is 17.2 Å². The van der Waals surface area contributed by atoms with Crippen LogP contribution < -0.4 is 9.47 Å². The van der Waals surface area contributed by atoms with E-state index < -0.39 is 11.9 Å². The zero-order valence-corrected chi connectivity index (χ0v) is 22.0. The van der Waals surface area contributed by atoms with Crippen LogP contribution >= 0.6 is 34.5 Å². The highest BCUT2D eigenvalue weighted by Crippen LogP contribution is 2.39. The lowest BCUT2D eigenvalue weighted by atomic mass is 10.1. The number of nitrogens with zero attached hydrogens (tertiary/aromatic N) is 1. The second kappa shape index (κ2) is 10.4. The van der Waals surface area contributed by atoms with Crippen LogP contribution in [-0.2, 0) is 9.53 Å². The summed E-state index contributed by atoms with van der Waals surface area (Å²) >= 11 is 14.0. The minimum atomic E-state index is -0.602. The molecule has 1 aromatic heterocycles. The third-order valence-corrected chi connectivity index (χ3v) is 7.31. The van der Waals surface area contributed by atoms with Crippen molar-refractivity contribution in [3.05, 3.63) is 98.0 Å². The number of carbonyl (C=O) groups excluding carboxylic acids is 2. The Morgan fingerprint density at radius 3 is 2.70 bits per heavy atom. The van der Waals surface area contributed by atoms with Crippen LogP contribution in [0.2, 0.25) is 10.0 Å². The number of halogens is 2. The molecule has 0 amide bonds. The number of thiophene rings is 1. The lowest BCUT2D eigenvalue weighted by Crippen LogP contribution is -2.10. The summed E-state index contributed by atoms with van der Waals surface area (Å²) in [5.74, 6) is -0.338. The lowest BCUT2D eigenvalue weighted by molar-refractivity contribution is -0.129. The topological polar surface area (TPSA) is 74.2 Å². The molecule has 0 radical (unpaired) electrons. The van der Waals surface area contributed by atoms with Crippen LogP contribution in [0, 0.1) is 6.92 Å². The maximum Gasteiger partial charge on any atom is 0.363 e. The minimum Gasteiger partial charge on any atom is -0.490 e. The Morgan fingerprint density at radius 2 is 1.92 bits per heavy atom. The van der Waals surface area contributed by atoms with Crippen molar-refractivity contribution in [3.63, 3.8) is 0 Å². The third kappa shape index (κ3) is 5.25. The maximum atomic E-state index is 12.6. The van der Waals surface area contributed by atoms with Crippen molar-refractivity contribution < 1.29 is 23.8 Å². The molecule has 0 saturated carbocycles. The standard InChI is InChI=1S/C28H19Cl2NO5S/c1-3-34-22-13-16(7-10-21(22)35-27(32)17-6-4-5-15(2)11-17)12-20-28(33)36-26(31-20)25-24(30)19-9-8-18(29)14-23(19)37-25/h4-14H,3H2,1-2H3/b20-12+. The van der Waals surface area contributed by atoms with Gasteiger partial charge in [-0.25, -0.2) is 14.6 Å². The van der Waals surface area contributed by atoms with Gasteiger partial charge in [0.15, 0.2) is 17.2 Å². The Bertz CT molecular complexity index is 1620. The fourth-order valence-electron chi connectivity index (χ4n) is 3.74. The molecule has 1 aliphatic heterocycles. The quantitative estimate of drug-likeness (QED) is 0.141. The molecule has 9 heteroatoms. The van der Waals surface area contributed by atoms with Crippen LogP contribution in [0.4, 0.5) is 0 Å². The van der Waals surface area contributed by atoms with Crippen molar-refractivity contribution in [1.82, 2.24) is 0 Å². The van der Waals surface area contributed by atoms with Crippen molar-refractivity contribution in [2.24, 2.45) is 4.99 Å². The monoisotopic (exact) mass is 551 g/mol. The van der Waals surface area contributed by atoms with Gasteiger partial charge in [0, 0.05) is 15.1 Å². The van der Waals surface area contributed by atoms with Crippen molar-refractivity contribution in [2.45, 2.75) is 13.8 Å². The molecule has 186 valence electrons. The average Bonchev–Trinajstić information content (AvgIpc) is 3.39. The lowest BCUT2D eigenvalue weighted by Gasteiger charge is -2.11. The number of aliphatic imine (C=N–C) groups is 1. The van der Waals surface area contributed by atoms with E-state index in [1.165, 1.54) is 11.3 Å². The highest BCUT2D eigenvalue weighted by molar-refractivity contribution is 7.21. The van der Waals surface area contributed by atoms with E-state index in [1.807, 2.05) is 26.0 Å². The molecule has 0 atom stereocenters. The summed E-state index contributed by atoms with van der Waals surface area (Å²) in [6.45, 7) is 4.08. The van der Waals surface area contributed by atoms with Crippen molar-refractivity contribution in [1.29, 1.82) is 0 Å². The van der Waals surface area contributed by atoms with Crippen LogP contribution in [0.25, 0.3) is 16.2 Å². The number of fused-ring (bicyclic) bond motifs is 1. The molecule has 0 bridgehead atoms. The number of ether oxygens (including phenoxy) is 3. The summed E-state index contributed by atoms with van der Waals surface area (Å²) in [5, 5.41) is 1.84. The minimum absolute atomic E-state index is 0.105. The summed E-state index contributed by atoms with van der Waals surface area (Å²) in [7, 11) is 0. The first-order valence-electron chi connectivity index (χ1n) is 11.3. The average molecular weight is 552 g/mol. The maximum absolute atomic E-state index is 12.6. The van der Waals surface area contributed by atoms with Crippen molar-refractivity contribution >= 4 is 68.5 Å². The molecule has 0 aliphatic carbocycles. The first kappa shape index (κ1) is 25.0. The predicted molar refractivity (Wildman–Crippen MR) is 146 cm³/mol. The van der Waals surface area contributed by atoms with Crippen LogP contribution in [0.3, 0.4) is 0 Å². The molecule has 2 heterocycles. The van der Waals surface area contributed by atoms with E-state index in [1.54, 1.807) is 54.6 Å². The van der Waals surface area contributed by atoms with Gasteiger partial charge in [0.25, 0.3) is 0 Å². The summed E-state index contributed by atoms with van der Waals surface area (Å²) in [6, 6.07) is 17.5. The zero-order valence-electron chi connectivity index (χ0n) is 19.7. The molecule has 0 saturated heterocycles. The molecular formula is C28H19Cl2NO5S. The third-order valence-electron chi connectivity index (χ3n) is 5.43. The van der Waals surface area contributed by atoms with E-state index in [9.17, 15) is 9.59 Å². The largest absolute Gasteiger partial charge is 0.490 e. The molecule has 0 fully saturated rings. The first-order valence-corrected chi connectivity index (χ1v) is 12.9. The van der Waals surface area contributed by atoms with Gasteiger partial charge in [-0.15, -0.1) is 11.3 Å². The highest BCUT2D eigenvalue weighted by Gasteiger charge is 2.28.